The van der Waals surface area contributed by atoms with Crippen molar-refractivity contribution < 1.29 is 4.92 Å². The Morgan fingerprint density at radius 2 is 2.21 bits per heavy atom. The lowest BCUT2D eigenvalue weighted by molar-refractivity contribution is -0.385. The summed E-state index contributed by atoms with van der Waals surface area (Å²) in [5.41, 5.74) is 2.41. The zero-order valence-corrected chi connectivity index (χ0v) is 14.3. The molecule has 0 amide bonds. The molecule has 0 aromatic heterocycles. The van der Waals surface area contributed by atoms with E-state index in [0.29, 0.717) is 12.0 Å². The standard InChI is InChI=1S/C19H23N3O2/c1-12-17-8-14-9-18(22(23)24)15(10-20)7-16(14)19(12,2)5-6-21(17)11-13-3-4-13/h7,9,12-13,17H,3-6,8,11H2,1-2H3/t12?,17-,19-/m0/s1. The van der Waals surface area contributed by atoms with Gasteiger partial charge in [-0.25, -0.2) is 0 Å². The predicted molar refractivity (Wildman–Crippen MR) is 90.7 cm³/mol. The molecule has 2 aliphatic carbocycles. The number of rotatable bonds is 3. The second-order valence-corrected chi connectivity index (χ2v) is 8.06. The highest BCUT2D eigenvalue weighted by atomic mass is 16.6. The highest BCUT2D eigenvalue weighted by molar-refractivity contribution is 5.56. The molecule has 5 heteroatoms. The first-order valence-corrected chi connectivity index (χ1v) is 8.90. The maximum Gasteiger partial charge on any atom is 0.287 e. The molecule has 1 saturated carbocycles. The topological polar surface area (TPSA) is 70.2 Å². The van der Waals surface area contributed by atoms with Crippen LogP contribution in [-0.4, -0.2) is 29.0 Å². The fourth-order valence-corrected chi connectivity index (χ4v) is 4.85. The van der Waals surface area contributed by atoms with Crippen molar-refractivity contribution in [1.29, 1.82) is 5.26 Å². The van der Waals surface area contributed by atoms with E-state index in [-0.39, 0.29) is 16.7 Å². The number of benzene rings is 1. The number of hydrogen-bond acceptors (Lipinski definition) is 4. The largest absolute Gasteiger partial charge is 0.299 e. The lowest BCUT2D eigenvalue weighted by Gasteiger charge is -2.54. The van der Waals surface area contributed by atoms with Crippen LogP contribution in [-0.2, 0) is 11.8 Å². The number of fused-ring (bicyclic) bond motifs is 4. The van der Waals surface area contributed by atoms with E-state index >= 15 is 0 Å². The molecule has 1 saturated heterocycles. The molecule has 5 nitrogen and oxygen atoms in total. The number of piperidine rings is 1. The third-order valence-electron chi connectivity index (χ3n) is 6.74. The van der Waals surface area contributed by atoms with Crippen molar-refractivity contribution in [2.45, 2.75) is 51.0 Å². The van der Waals surface area contributed by atoms with Crippen LogP contribution < -0.4 is 0 Å². The number of nitro benzene ring substituents is 1. The minimum atomic E-state index is -0.420. The lowest BCUT2D eigenvalue weighted by Crippen LogP contribution is -2.58. The predicted octanol–water partition coefficient (Wildman–Crippen LogP) is 3.40. The average Bonchev–Trinajstić information content (AvgIpc) is 3.36. The van der Waals surface area contributed by atoms with Crippen molar-refractivity contribution in [3.8, 4) is 6.07 Å². The van der Waals surface area contributed by atoms with Crippen LogP contribution in [0.3, 0.4) is 0 Å². The van der Waals surface area contributed by atoms with Gasteiger partial charge >= 0.3 is 0 Å². The second-order valence-electron chi connectivity index (χ2n) is 8.06. The fourth-order valence-electron chi connectivity index (χ4n) is 4.85. The lowest BCUT2D eigenvalue weighted by atomic mass is 9.58. The summed E-state index contributed by atoms with van der Waals surface area (Å²) in [7, 11) is 0. The maximum absolute atomic E-state index is 11.3. The fraction of sp³-hybridized carbons (Fsp3) is 0.632. The number of nitro groups is 1. The Morgan fingerprint density at radius 3 is 2.83 bits per heavy atom. The van der Waals surface area contributed by atoms with Gasteiger partial charge in [0.05, 0.1) is 4.92 Å². The Kier molecular flexibility index (Phi) is 3.43. The summed E-state index contributed by atoms with van der Waals surface area (Å²) in [4.78, 5) is 13.5. The van der Waals surface area contributed by atoms with Crippen LogP contribution in [0.5, 0.6) is 0 Å². The van der Waals surface area contributed by atoms with Crippen molar-refractivity contribution in [3.63, 3.8) is 0 Å². The third-order valence-corrected chi connectivity index (χ3v) is 6.74. The normalized spacial score (nSPS) is 32.0. The molecule has 1 aliphatic heterocycles. The van der Waals surface area contributed by atoms with E-state index in [2.05, 4.69) is 18.7 Å². The van der Waals surface area contributed by atoms with Crippen molar-refractivity contribution >= 4 is 5.69 Å². The summed E-state index contributed by atoms with van der Waals surface area (Å²) in [5, 5.41) is 20.6. The molecule has 4 rings (SSSR count). The van der Waals surface area contributed by atoms with Crippen LogP contribution in [0.25, 0.3) is 0 Å². The van der Waals surface area contributed by atoms with Crippen LogP contribution in [0.4, 0.5) is 5.69 Å². The number of hydrogen-bond donors (Lipinski definition) is 0. The van der Waals surface area contributed by atoms with Crippen LogP contribution in [0, 0.1) is 33.3 Å². The molecule has 0 radical (unpaired) electrons. The van der Waals surface area contributed by atoms with Gasteiger partial charge in [0, 0.05) is 18.7 Å². The van der Waals surface area contributed by atoms with E-state index in [9.17, 15) is 15.4 Å². The molecular weight excluding hydrogens is 302 g/mol. The van der Waals surface area contributed by atoms with Gasteiger partial charge < -0.3 is 0 Å². The second kappa shape index (κ2) is 5.29. The highest BCUT2D eigenvalue weighted by Crippen LogP contribution is 2.50. The quantitative estimate of drug-likeness (QED) is 0.631. The van der Waals surface area contributed by atoms with Crippen molar-refractivity contribution in [3.05, 3.63) is 38.9 Å². The molecule has 2 bridgehead atoms. The average molecular weight is 325 g/mol. The summed E-state index contributed by atoms with van der Waals surface area (Å²) in [6.45, 7) is 6.88. The van der Waals surface area contributed by atoms with E-state index in [1.54, 1.807) is 12.1 Å². The van der Waals surface area contributed by atoms with Gasteiger partial charge in [0.1, 0.15) is 11.6 Å². The smallest absolute Gasteiger partial charge is 0.287 e. The van der Waals surface area contributed by atoms with Crippen LogP contribution >= 0.6 is 0 Å². The molecule has 24 heavy (non-hydrogen) atoms. The van der Waals surface area contributed by atoms with Crippen LogP contribution in [0.15, 0.2) is 12.1 Å². The zero-order valence-electron chi connectivity index (χ0n) is 14.3. The molecular formula is C19H23N3O2. The molecule has 1 aromatic rings. The molecule has 1 aromatic carbocycles. The van der Waals surface area contributed by atoms with Gasteiger partial charge in [-0.2, -0.15) is 5.26 Å². The first-order valence-electron chi connectivity index (χ1n) is 8.90. The molecule has 0 N–H and O–H groups in total. The first kappa shape index (κ1) is 15.6. The van der Waals surface area contributed by atoms with Gasteiger partial charge in [0.15, 0.2) is 0 Å². The Labute approximate surface area is 142 Å². The van der Waals surface area contributed by atoms with E-state index < -0.39 is 4.92 Å². The van der Waals surface area contributed by atoms with Gasteiger partial charge in [-0.1, -0.05) is 13.8 Å². The van der Waals surface area contributed by atoms with E-state index in [1.807, 2.05) is 6.07 Å². The third kappa shape index (κ3) is 2.24. The number of likely N-dealkylation sites (tertiary alicyclic amines) is 1. The van der Waals surface area contributed by atoms with Gasteiger partial charge in [0.25, 0.3) is 5.69 Å². The molecule has 2 fully saturated rings. The Bertz CT molecular complexity index is 750. The summed E-state index contributed by atoms with van der Waals surface area (Å²) < 4.78 is 0. The Hall–Kier alpha value is -1.93. The van der Waals surface area contributed by atoms with E-state index in [1.165, 1.54) is 24.9 Å². The maximum atomic E-state index is 11.3. The SMILES string of the molecule is CC1[C@@H]2Cc3cc([N+](=O)[O-])c(C#N)cc3[C@@]1(C)CCN2CC1CC1. The van der Waals surface area contributed by atoms with Crippen molar-refractivity contribution in [2.24, 2.45) is 11.8 Å². The summed E-state index contributed by atoms with van der Waals surface area (Å²) in [6.07, 6.45) is 4.63. The molecule has 0 spiro atoms. The summed E-state index contributed by atoms with van der Waals surface area (Å²) in [6, 6.07) is 5.96. The van der Waals surface area contributed by atoms with Gasteiger partial charge in [-0.15, -0.1) is 0 Å². The van der Waals surface area contributed by atoms with Crippen molar-refractivity contribution in [2.75, 3.05) is 13.1 Å². The van der Waals surface area contributed by atoms with Crippen molar-refractivity contribution in [1.82, 2.24) is 4.90 Å². The molecule has 3 aliphatic rings. The van der Waals surface area contributed by atoms with E-state index in [0.717, 1.165) is 30.9 Å². The molecule has 3 atom stereocenters. The minimum absolute atomic E-state index is 0.0129. The van der Waals surface area contributed by atoms with Gasteiger partial charge in [-0.05, 0) is 66.7 Å². The highest BCUT2D eigenvalue weighted by Gasteiger charge is 2.49. The minimum Gasteiger partial charge on any atom is -0.299 e. The summed E-state index contributed by atoms with van der Waals surface area (Å²) in [5.74, 6) is 1.36. The number of nitriles is 1. The first-order chi connectivity index (χ1) is 11.4. The zero-order chi connectivity index (χ0) is 17.1. The molecule has 126 valence electrons. The van der Waals surface area contributed by atoms with E-state index in [4.69, 9.17) is 0 Å². The monoisotopic (exact) mass is 325 g/mol. The van der Waals surface area contributed by atoms with Gasteiger partial charge in [0.2, 0.25) is 0 Å². The molecule has 1 heterocycles. The van der Waals surface area contributed by atoms with Crippen LogP contribution in [0.1, 0.15) is 49.8 Å². The Morgan fingerprint density at radius 1 is 1.46 bits per heavy atom. The summed E-state index contributed by atoms with van der Waals surface area (Å²) >= 11 is 0. The molecule has 1 unspecified atom stereocenters. The van der Waals surface area contributed by atoms with Gasteiger partial charge in [-0.3, -0.25) is 15.0 Å². The van der Waals surface area contributed by atoms with Crippen LogP contribution in [0.2, 0.25) is 0 Å². The Balaban J connectivity index is 1.78. The number of nitrogens with zero attached hydrogens (tertiary/aromatic N) is 3.